The number of pyridine rings is 1. The summed E-state index contributed by atoms with van der Waals surface area (Å²) < 4.78 is 11.4. The van der Waals surface area contributed by atoms with Gasteiger partial charge in [0.1, 0.15) is 24.7 Å². The highest BCUT2D eigenvalue weighted by molar-refractivity contribution is 6.31. The summed E-state index contributed by atoms with van der Waals surface area (Å²) in [7, 11) is 0. The van der Waals surface area contributed by atoms with Crippen LogP contribution in [0.25, 0.3) is 0 Å². The van der Waals surface area contributed by atoms with Gasteiger partial charge in [-0.1, -0.05) is 23.7 Å². The molecule has 0 radical (unpaired) electrons. The van der Waals surface area contributed by atoms with Gasteiger partial charge in [-0.3, -0.25) is 9.78 Å². The van der Waals surface area contributed by atoms with Gasteiger partial charge in [-0.15, -0.1) is 0 Å². The number of hydrogen-bond acceptors (Lipinski definition) is 5. The van der Waals surface area contributed by atoms with Gasteiger partial charge in [0.15, 0.2) is 0 Å². The molecule has 1 aromatic heterocycles. The Bertz CT molecular complexity index is 994. The van der Waals surface area contributed by atoms with Gasteiger partial charge in [0.2, 0.25) is 0 Å². The van der Waals surface area contributed by atoms with Crippen molar-refractivity contribution in [1.82, 2.24) is 10.4 Å². The van der Waals surface area contributed by atoms with E-state index >= 15 is 0 Å². The highest BCUT2D eigenvalue weighted by atomic mass is 35.5. The van der Waals surface area contributed by atoms with E-state index in [2.05, 4.69) is 15.5 Å². The summed E-state index contributed by atoms with van der Waals surface area (Å²) >= 11 is 6.00. The first-order chi connectivity index (χ1) is 14.1. The fourth-order valence-electron chi connectivity index (χ4n) is 2.44. The van der Waals surface area contributed by atoms with Gasteiger partial charge in [-0.2, -0.15) is 5.10 Å². The lowest BCUT2D eigenvalue weighted by molar-refractivity contribution is 0.0955. The molecule has 0 bridgehead atoms. The van der Waals surface area contributed by atoms with E-state index < -0.39 is 0 Å². The third kappa shape index (κ3) is 6.33. The van der Waals surface area contributed by atoms with Gasteiger partial charge in [0.05, 0.1) is 6.21 Å². The Balaban J connectivity index is 1.46. The van der Waals surface area contributed by atoms with Crippen LogP contribution in [0.5, 0.6) is 11.5 Å². The molecule has 0 aliphatic carbocycles. The van der Waals surface area contributed by atoms with Crippen molar-refractivity contribution in [3.63, 3.8) is 0 Å². The van der Waals surface area contributed by atoms with E-state index in [-0.39, 0.29) is 5.91 Å². The molecule has 0 saturated heterocycles. The maximum atomic E-state index is 11.9. The standard InChI is InChI=1S/C22H20ClN3O3/c1-16-13-20(5-6-21(16)23)29-12-11-28-19-4-2-3-17(14-19)15-25-26-22(27)18-7-9-24-10-8-18/h2-10,13-15H,11-12H2,1H3,(H,26,27)/b25-15-. The molecule has 0 atom stereocenters. The maximum Gasteiger partial charge on any atom is 0.271 e. The van der Waals surface area contributed by atoms with Crippen LogP contribution < -0.4 is 14.9 Å². The molecule has 0 aliphatic heterocycles. The van der Waals surface area contributed by atoms with Crippen molar-refractivity contribution in [3.05, 3.63) is 88.7 Å². The molecule has 0 spiro atoms. The molecule has 7 heteroatoms. The number of hydrogen-bond donors (Lipinski definition) is 1. The van der Waals surface area contributed by atoms with Crippen LogP contribution in [0.3, 0.4) is 0 Å². The minimum Gasteiger partial charge on any atom is -0.490 e. The molecule has 1 heterocycles. The smallest absolute Gasteiger partial charge is 0.271 e. The highest BCUT2D eigenvalue weighted by Crippen LogP contribution is 2.21. The Kier molecular flexibility index (Phi) is 7.19. The van der Waals surface area contributed by atoms with E-state index in [9.17, 15) is 4.79 Å². The molecular formula is C22H20ClN3O3. The lowest BCUT2D eigenvalue weighted by Gasteiger charge is -2.09. The number of benzene rings is 2. The molecule has 6 nitrogen and oxygen atoms in total. The molecular weight excluding hydrogens is 390 g/mol. The number of ether oxygens (including phenoxy) is 2. The van der Waals surface area contributed by atoms with Gasteiger partial charge in [-0.25, -0.2) is 5.43 Å². The van der Waals surface area contributed by atoms with E-state index in [1.165, 1.54) is 0 Å². The summed E-state index contributed by atoms with van der Waals surface area (Å²) in [5, 5.41) is 4.69. The van der Waals surface area contributed by atoms with Crippen molar-refractivity contribution in [2.75, 3.05) is 13.2 Å². The first kappa shape index (κ1) is 20.4. The van der Waals surface area contributed by atoms with Crippen LogP contribution >= 0.6 is 11.6 Å². The number of halogens is 1. The van der Waals surface area contributed by atoms with Crippen molar-refractivity contribution < 1.29 is 14.3 Å². The first-order valence-corrected chi connectivity index (χ1v) is 9.35. The second-order valence-electron chi connectivity index (χ2n) is 6.12. The van der Waals surface area contributed by atoms with Crippen LogP contribution in [0.1, 0.15) is 21.5 Å². The number of aryl methyl sites for hydroxylation is 1. The van der Waals surface area contributed by atoms with Gasteiger partial charge in [0.25, 0.3) is 5.91 Å². The molecule has 0 unspecified atom stereocenters. The molecule has 0 fully saturated rings. The van der Waals surface area contributed by atoms with E-state index in [0.29, 0.717) is 29.5 Å². The average Bonchev–Trinajstić information content (AvgIpc) is 2.74. The summed E-state index contributed by atoms with van der Waals surface area (Å²) in [6.45, 7) is 2.72. The fraction of sp³-hybridized carbons (Fsp3) is 0.136. The number of amides is 1. The summed E-state index contributed by atoms with van der Waals surface area (Å²) in [6, 6.07) is 16.1. The number of aromatic nitrogens is 1. The molecule has 148 valence electrons. The van der Waals surface area contributed by atoms with Crippen molar-refractivity contribution in [2.24, 2.45) is 5.10 Å². The largest absolute Gasteiger partial charge is 0.490 e. The van der Waals surface area contributed by atoms with Crippen LogP contribution in [0.4, 0.5) is 0 Å². The predicted octanol–water partition coefficient (Wildman–Crippen LogP) is 4.27. The van der Waals surface area contributed by atoms with E-state index in [0.717, 1.165) is 16.9 Å². The molecule has 3 rings (SSSR count). The zero-order valence-electron chi connectivity index (χ0n) is 15.8. The van der Waals surface area contributed by atoms with Crippen LogP contribution in [-0.2, 0) is 0 Å². The highest BCUT2D eigenvalue weighted by Gasteiger charge is 2.02. The Morgan fingerprint density at radius 3 is 2.52 bits per heavy atom. The molecule has 1 N–H and O–H groups in total. The number of hydrazone groups is 1. The topological polar surface area (TPSA) is 72.8 Å². The van der Waals surface area contributed by atoms with Crippen molar-refractivity contribution >= 4 is 23.7 Å². The summed E-state index contributed by atoms with van der Waals surface area (Å²) in [5.74, 6) is 1.14. The van der Waals surface area contributed by atoms with Crippen LogP contribution in [0.15, 0.2) is 72.1 Å². The molecule has 0 saturated carbocycles. The fourth-order valence-corrected chi connectivity index (χ4v) is 2.56. The third-order valence-electron chi connectivity index (χ3n) is 3.93. The van der Waals surface area contributed by atoms with E-state index in [1.807, 2.05) is 49.4 Å². The van der Waals surface area contributed by atoms with Crippen LogP contribution in [-0.4, -0.2) is 30.3 Å². The summed E-state index contributed by atoms with van der Waals surface area (Å²) in [4.78, 5) is 15.8. The van der Waals surface area contributed by atoms with Gasteiger partial charge < -0.3 is 9.47 Å². The zero-order chi connectivity index (χ0) is 20.5. The number of nitrogens with one attached hydrogen (secondary N) is 1. The minimum atomic E-state index is -0.300. The molecule has 2 aromatic carbocycles. The predicted molar refractivity (Wildman–Crippen MR) is 113 cm³/mol. The second kappa shape index (κ2) is 10.2. The lowest BCUT2D eigenvalue weighted by atomic mass is 10.2. The Morgan fingerprint density at radius 1 is 1.07 bits per heavy atom. The van der Waals surface area contributed by atoms with Crippen molar-refractivity contribution in [3.8, 4) is 11.5 Å². The SMILES string of the molecule is Cc1cc(OCCOc2cccc(/C=N\NC(=O)c3ccncc3)c2)ccc1Cl. The average molecular weight is 410 g/mol. The van der Waals surface area contributed by atoms with E-state index in [1.54, 1.807) is 30.7 Å². The van der Waals surface area contributed by atoms with E-state index in [4.69, 9.17) is 21.1 Å². The zero-order valence-corrected chi connectivity index (χ0v) is 16.6. The summed E-state index contributed by atoms with van der Waals surface area (Å²) in [5.41, 5.74) is 4.73. The number of nitrogens with zero attached hydrogens (tertiary/aromatic N) is 2. The van der Waals surface area contributed by atoms with Crippen LogP contribution in [0, 0.1) is 6.92 Å². The number of carbonyl (C=O) groups excluding carboxylic acids is 1. The Labute approximate surface area is 174 Å². The minimum absolute atomic E-state index is 0.300. The van der Waals surface area contributed by atoms with Crippen LogP contribution in [0.2, 0.25) is 5.02 Å². The van der Waals surface area contributed by atoms with Gasteiger partial charge in [-0.05, 0) is 60.5 Å². The molecule has 0 aliphatic rings. The van der Waals surface area contributed by atoms with Crippen molar-refractivity contribution in [1.29, 1.82) is 0 Å². The molecule has 29 heavy (non-hydrogen) atoms. The second-order valence-corrected chi connectivity index (χ2v) is 6.52. The Morgan fingerprint density at radius 2 is 1.79 bits per heavy atom. The third-order valence-corrected chi connectivity index (χ3v) is 4.35. The maximum absolute atomic E-state index is 11.9. The lowest BCUT2D eigenvalue weighted by Crippen LogP contribution is -2.17. The summed E-state index contributed by atoms with van der Waals surface area (Å²) in [6.07, 6.45) is 4.66. The molecule has 3 aromatic rings. The quantitative estimate of drug-likeness (QED) is 0.342. The normalized spacial score (nSPS) is 10.7. The number of carbonyl (C=O) groups is 1. The Hall–Kier alpha value is -3.38. The first-order valence-electron chi connectivity index (χ1n) is 8.97. The van der Waals surface area contributed by atoms with Gasteiger partial charge in [0, 0.05) is 23.0 Å². The number of rotatable bonds is 8. The van der Waals surface area contributed by atoms with Gasteiger partial charge >= 0.3 is 0 Å². The van der Waals surface area contributed by atoms with Crippen molar-refractivity contribution in [2.45, 2.75) is 6.92 Å². The monoisotopic (exact) mass is 409 g/mol. The molecule has 1 amide bonds.